The highest BCUT2D eigenvalue weighted by molar-refractivity contribution is 5.92. The third-order valence-electron chi connectivity index (χ3n) is 3.64. The van der Waals surface area contributed by atoms with Crippen LogP contribution in [-0.4, -0.2) is 27.1 Å². The lowest BCUT2D eigenvalue weighted by Gasteiger charge is -2.29. The molecule has 1 aliphatic heterocycles. The van der Waals surface area contributed by atoms with Gasteiger partial charge in [0, 0.05) is 32.0 Å². The van der Waals surface area contributed by atoms with Crippen molar-refractivity contribution < 1.29 is 4.79 Å². The van der Waals surface area contributed by atoms with Crippen LogP contribution in [0.25, 0.3) is 0 Å². The molecular weight excluding hydrogens is 240 g/mol. The molecule has 1 amide bonds. The molecule has 19 heavy (non-hydrogen) atoms. The molecule has 0 saturated carbocycles. The van der Waals surface area contributed by atoms with E-state index < -0.39 is 0 Å². The van der Waals surface area contributed by atoms with E-state index in [0.29, 0.717) is 12.2 Å². The number of carbonyl (C=O) groups excluding carboxylic acids is 1. The zero-order valence-electron chi connectivity index (χ0n) is 10.8. The van der Waals surface area contributed by atoms with Crippen molar-refractivity contribution in [2.24, 2.45) is 7.05 Å². The number of fused-ring (bicyclic) bond motifs is 1. The van der Waals surface area contributed by atoms with Gasteiger partial charge >= 0.3 is 0 Å². The van der Waals surface area contributed by atoms with Crippen LogP contribution in [0.1, 0.15) is 21.6 Å². The number of aryl methyl sites for hydroxylation is 1. The SMILES string of the molecule is Cn1nccc1C(=O)N1CCc2cccc(N)c2C1. The van der Waals surface area contributed by atoms with E-state index in [1.54, 1.807) is 24.0 Å². The predicted molar refractivity (Wildman–Crippen MR) is 72.5 cm³/mol. The van der Waals surface area contributed by atoms with Gasteiger partial charge in [0.25, 0.3) is 5.91 Å². The zero-order valence-corrected chi connectivity index (χ0v) is 10.8. The van der Waals surface area contributed by atoms with Gasteiger partial charge in [-0.25, -0.2) is 0 Å². The first-order valence-electron chi connectivity index (χ1n) is 6.30. The molecule has 1 aromatic carbocycles. The van der Waals surface area contributed by atoms with E-state index >= 15 is 0 Å². The monoisotopic (exact) mass is 256 g/mol. The van der Waals surface area contributed by atoms with Crippen LogP contribution < -0.4 is 5.73 Å². The van der Waals surface area contributed by atoms with Gasteiger partial charge in [-0.3, -0.25) is 9.48 Å². The third-order valence-corrected chi connectivity index (χ3v) is 3.64. The topological polar surface area (TPSA) is 64.2 Å². The average molecular weight is 256 g/mol. The highest BCUT2D eigenvalue weighted by Crippen LogP contribution is 2.25. The maximum Gasteiger partial charge on any atom is 0.272 e. The van der Waals surface area contributed by atoms with Crippen molar-refractivity contribution in [1.82, 2.24) is 14.7 Å². The van der Waals surface area contributed by atoms with Crippen LogP contribution in [0.4, 0.5) is 5.69 Å². The predicted octanol–water partition coefficient (Wildman–Crippen LogP) is 1.20. The Kier molecular flexibility index (Phi) is 2.74. The molecule has 0 atom stereocenters. The van der Waals surface area contributed by atoms with Crippen LogP contribution in [0, 0.1) is 0 Å². The van der Waals surface area contributed by atoms with Crippen molar-refractivity contribution >= 4 is 11.6 Å². The number of nitrogens with two attached hydrogens (primary N) is 1. The Hall–Kier alpha value is -2.30. The van der Waals surface area contributed by atoms with Crippen LogP contribution >= 0.6 is 0 Å². The van der Waals surface area contributed by atoms with E-state index in [1.165, 1.54) is 5.56 Å². The average Bonchev–Trinajstić information content (AvgIpc) is 2.84. The van der Waals surface area contributed by atoms with Gasteiger partial charge in [-0.2, -0.15) is 5.10 Å². The van der Waals surface area contributed by atoms with Crippen molar-refractivity contribution in [2.75, 3.05) is 12.3 Å². The largest absolute Gasteiger partial charge is 0.398 e. The maximum atomic E-state index is 12.4. The highest BCUT2D eigenvalue weighted by atomic mass is 16.2. The summed E-state index contributed by atoms with van der Waals surface area (Å²) in [4.78, 5) is 14.3. The fourth-order valence-electron chi connectivity index (χ4n) is 2.53. The van der Waals surface area contributed by atoms with Gasteiger partial charge in [-0.15, -0.1) is 0 Å². The number of hydrogen-bond acceptors (Lipinski definition) is 3. The molecule has 0 saturated heterocycles. The number of benzene rings is 1. The molecule has 3 rings (SSSR count). The van der Waals surface area contributed by atoms with E-state index in [9.17, 15) is 4.79 Å². The second kappa shape index (κ2) is 4.42. The molecule has 1 aromatic heterocycles. The smallest absolute Gasteiger partial charge is 0.272 e. The lowest BCUT2D eigenvalue weighted by Crippen LogP contribution is -2.37. The normalized spacial score (nSPS) is 14.3. The minimum Gasteiger partial charge on any atom is -0.398 e. The maximum absolute atomic E-state index is 12.4. The molecule has 0 unspecified atom stereocenters. The minimum atomic E-state index is 0.00824. The Bertz CT molecular complexity index is 632. The van der Waals surface area contributed by atoms with Gasteiger partial charge in [-0.05, 0) is 29.7 Å². The molecule has 1 aliphatic rings. The van der Waals surface area contributed by atoms with E-state index in [-0.39, 0.29) is 5.91 Å². The number of nitrogens with zero attached hydrogens (tertiary/aromatic N) is 3. The van der Waals surface area contributed by atoms with Gasteiger partial charge in [0.1, 0.15) is 5.69 Å². The van der Waals surface area contributed by atoms with E-state index in [0.717, 1.165) is 24.2 Å². The summed E-state index contributed by atoms with van der Waals surface area (Å²) in [5.41, 5.74) is 9.69. The Morgan fingerprint density at radius 3 is 2.95 bits per heavy atom. The number of amides is 1. The fraction of sp³-hybridized carbons (Fsp3) is 0.286. The van der Waals surface area contributed by atoms with Crippen molar-refractivity contribution in [3.05, 3.63) is 47.3 Å². The molecule has 2 N–H and O–H groups in total. The van der Waals surface area contributed by atoms with Crippen molar-refractivity contribution in [1.29, 1.82) is 0 Å². The van der Waals surface area contributed by atoms with Crippen LogP contribution in [-0.2, 0) is 20.0 Å². The number of nitrogen functional groups attached to an aromatic ring is 1. The first kappa shape index (κ1) is 11.8. The van der Waals surface area contributed by atoms with Crippen molar-refractivity contribution in [2.45, 2.75) is 13.0 Å². The summed E-state index contributed by atoms with van der Waals surface area (Å²) in [6, 6.07) is 7.67. The van der Waals surface area contributed by atoms with Crippen LogP contribution in [0.2, 0.25) is 0 Å². The molecule has 0 bridgehead atoms. The molecule has 2 aromatic rings. The summed E-state index contributed by atoms with van der Waals surface area (Å²) < 4.78 is 1.60. The molecule has 2 heterocycles. The van der Waals surface area contributed by atoms with E-state index in [1.807, 2.05) is 17.0 Å². The van der Waals surface area contributed by atoms with Crippen LogP contribution in [0.5, 0.6) is 0 Å². The summed E-state index contributed by atoms with van der Waals surface area (Å²) in [6.07, 6.45) is 2.49. The second-order valence-electron chi connectivity index (χ2n) is 4.80. The lowest BCUT2D eigenvalue weighted by atomic mass is 9.98. The van der Waals surface area contributed by atoms with Crippen LogP contribution in [0.15, 0.2) is 30.5 Å². The third kappa shape index (κ3) is 1.97. The Labute approximate surface area is 111 Å². The fourth-order valence-corrected chi connectivity index (χ4v) is 2.53. The molecule has 0 spiro atoms. The number of hydrogen-bond donors (Lipinski definition) is 1. The standard InChI is InChI=1S/C14H16N4O/c1-17-13(5-7-16-17)14(19)18-8-6-10-3-2-4-12(15)11(10)9-18/h2-5,7H,6,8-9,15H2,1H3. The Morgan fingerprint density at radius 1 is 1.37 bits per heavy atom. The van der Waals surface area contributed by atoms with Gasteiger partial charge in [0.2, 0.25) is 0 Å². The molecular formula is C14H16N4O. The number of aromatic nitrogens is 2. The summed E-state index contributed by atoms with van der Waals surface area (Å²) >= 11 is 0. The van der Waals surface area contributed by atoms with E-state index in [2.05, 4.69) is 11.2 Å². The summed E-state index contributed by atoms with van der Waals surface area (Å²) in [5, 5.41) is 4.04. The van der Waals surface area contributed by atoms with Gasteiger partial charge in [0.05, 0.1) is 0 Å². The molecule has 0 fully saturated rings. The number of anilines is 1. The number of carbonyl (C=O) groups is 1. The summed E-state index contributed by atoms with van der Waals surface area (Å²) in [7, 11) is 1.78. The minimum absolute atomic E-state index is 0.00824. The van der Waals surface area contributed by atoms with E-state index in [4.69, 9.17) is 5.73 Å². The molecule has 98 valence electrons. The van der Waals surface area contributed by atoms with Gasteiger partial charge in [-0.1, -0.05) is 12.1 Å². The molecule has 0 aliphatic carbocycles. The summed E-state index contributed by atoms with van der Waals surface area (Å²) in [5.74, 6) is 0.00824. The first-order chi connectivity index (χ1) is 9.16. The molecule has 5 nitrogen and oxygen atoms in total. The quantitative estimate of drug-likeness (QED) is 0.780. The summed E-state index contributed by atoms with van der Waals surface area (Å²) in [6.45, 7) is 1.30. The van der Waals surface area contributed by atoms with Crippen molar-refractivity contribution in [3.63, 3.8) is 0 Å². The van der Waals surface area contributed by atoms with Gasteiger partial charge < -0.3 is 10.6 Å². The van der Waals surface area contributed by atoms with Crippen molar-refractivity contribution in [3.8, 4) is 0 Å². The highest BCUT2D eigenvalue weighted by Gasteiger charge is 2.24. The number of rotatable bonds is 1. The first-order valence-corrected chi connectivity index (χ1v) is 6.30. The molecule has 0 radical (unpaired) electrons. The van der Waals surface area contributed by atoms with Crippen LogP contribution in [0.3, 0.4) is 0 Å². The van der Waals surface area contributed by atoms with Gasteiger partial charge in [0.15, 0.2) is 0 Å². The Balaban J connectivity index is 1.88. The second-order valence-corrected chi connectivity index (χ2v) is 4.80. The Morgan fingerprint density at radius 2 is 2.21 bits per heavy atom. The zero-order chi connectivity index (χ0) is 13.4. The molecule has 5 heteroatoms. The lowest BCUT2D eigenvalue weighted by molar-refractivity contribution is 0.0724.